The van der Waals surface area contributed by atoms with E-state index in [1.165, 1.54) is 5.56 Å². The van der Waals surface area contributed by atoms with Gasteiger partial charge in [0.1, 0.15) is 6.61 Å². The van der Waals surface area contributed by atoms with Gasteiger partial charge < -0.3 is 4.74 Å². The second-order valence-electron chi connectivity index (χ2n) is 3.05. The van der Waals surface area contributed by atoms with Gasteiger partial charge in [-0.05, 0) is 17.2 Å². The van der Waals surface area contributed by atoms with E-state index in [1.807, 2.05) is 18.2 Å². The Bertz CT molecular complexity index is 348. The largest absolute Gasteiger partial charge is 0.361 e. The van der Waals surface area contributed by atoms with Crippen molar-refractivity contribution < 1.29 is 4.74 Å². The summed E-state index contributed by atoms with van der Waals surface area (Å²) in [6, 6.07) is 10.1. The SMILES string of the molecule is C=CC(Cc1ccccc1)OCC#CCl. The molecule has 0 amide bonds. The van der Waals surface area contributed by atoms with E-state index in [9.17, 15) is 0 Å². The van der Waals surface area contributed by atoms with Crippen molar-refractivity contribution in [2.45, 2.75) is 12.5 Å². The molecule has 0 radical (unpaired) electrons. The average molecular weight is 221 g/mol. The standard InChI is InChI=1S/C13H13ClO/c1-2-13(15-10-6-9-14)11-12-7-4-3-5-8-12/h2-5,7-8,13H,1,10-11H2. The van der Waals surface area contributed by atoms with Crippen LogP contribution in [0, 0.1) is 11.3 Å². The van der Waals surface area contributed by atoms with E-state index >= 15 is 0 Å². The molecule has 15 heavy (non-hydrogen) atoms. The number of hydrogen-bond donors (Lipinski definition) is 0. The van der Waals surface area contributed by atoms with Gasteiger partial charge in [-0.25, -0.2) is 0 Å². The lowest BCUT2D eigenvalue weighted by Gasteiger charge is -2.11. The summed E-state index contributed by atoms with van der Waals surface area (Å²) in [5.41, 5.74) is 1.22. The lowest BCUT2D eigenvalue weighted by Crippen LogP contribution is -2.13. The monoisotopic (exact) mass is 220 g/mol. The lowest BCUT2D eigenvalue weighted by atomic mass is 10.1. The molecular formula is C13H13ClO. The van der Waals surface area contributed by atoms with Gasteiger partial charge in [0.25, 0.3) is 0 Å². The topological polar surface area (TPSA) is 9.23 Å². The third kappa shape index (κ3) is 4.69. The molecular weight excluding hydrogens is 208 g/mol. The van der Waals surface area contributed by atoms with Crippen molar-refractivity contribution in [3.05, 3.63) is 48.6 Å². The van der Waals surface area contributed by atoms with Gasteiger partial charge in [-0.2, -0.15) is 0 Å². The van der Waals surface area contributed by atoms with Gasteiger partial charge in [0.15, 0.2) is 0 Å². The van der Waals surface area contributed by atoms with Gasteiger partial charge in [-0.3, -0.25) is 0 Å². The normalized spacial score (nSPS) is 11.3. The molecule has 0 aliphatic heterocycles. The van der Waals surface area contributed by atoms with Crippen molar-refractivity contribution in [1.29, 1.82) is 0 Å². The van der Waals surface area contributed by atoms with Crippen LogP contribution in [0.5, 0.6) is 0 Å². The van der Waals surface area contributed by atoms with Crippen molar-refractivity contribution in [3.63, 3.8) is 0 Å². The molecule has 1 nitrogen and oxygen atoms in total. The summed E-state index contributed by atoms with van der Waals surface area (Å²) in [5, 5.41) is 2.27. The van der Waals surface area contributed by atoms with E-state index in [1.54, 1.807) is 6.08 Å². The molecule has 0 heterocycles. The highest BCUT2D eigenvalue weighted by Crippen LogP contribution is 2.06. The minimum atomic E-state index is -0.00934. The molecule has 1 unspecified atom stereocenters. The van der Waals surface area contributed by atoms with Gasteiger partial charge in [0.05, 0.1) is 6.10 Å². The van der Waals surface area contributed by atoms with Crippen LogP contribution in [0.4, 0.5) is 0 Å². The number of hydrogen-bond acceptors (Lipinski definition) is 1. The molecule has 0 saturated heterocycles. The molecule has 0 aromatic heterocycles. The van der Waals surface area contributed by atoms with Crippen molar-refractivity contribution in [1.82, 2.24) is 0 Å². The molecule has 0 aliphatic carbocycles. The minimum absolute atomic E-state index is 0.00934. The number of rotatable bonds is 5. The van der Waals surface area contributed by atoms with Crippen molar-refractivity contribution in [2.75, 3.05) is 6.61 Å². The molecule has 1 rings (SSSR count). The molecule has 0 fully saturated rings. The van der Waals surface area contributed by atoms with E-state index in [0.717, 1.165) is 6.42 Å². The number of benzene rings is 1. The first-order chi connectivity index (χ1) is 7.36. The van der Waals surface area contributed by atoms with Crippen LogP contribution in [0.1, 0.15) is 5.56 Å². The first-order valence-electron chi connectivity index (χ1n) is 4.73. The van der Waals surface area contributed by atoms with Gasteiger partial charge in [-0.1, -0.05) is 42.3 Å². The molecule has 0 spiro atoms. The third-order valence-corrected chi connectivity index (χ3v) is 2.11. The van der Waals surface area contributed by atoms with Gasteiger partial charge in [0.2, 0.25) is 0 Å². The summed E-state index contributed by atoms with van der Waals surface area (Å²) < 4.78 is 5.46. The van der Waals surface area contributed by atoms with Crippen LogP contribution in [-0.2, 0) is 11.2 Å². The van der Waals surface area contributed by atoms with Crippen LogP contribution in [-0.4, -0.2) is 12.7 Å². The average Bonchev–Trinajstić information content (AvgIpc) is 2.29. The Morgan fingerprint density at radius 3 is 2.73 bits per heavy atom. The van der Waals surface area contributed by atoms with Gasteiger partial charge in [0, 0.05) is 11.8 Å². The van der Waals surface area contributed by atoms with Crippen LogP contribution < -0.4 is 0 Å². The molecule has 0 N–H and O–H groups in total. The maximum atomic E-state index is 5.46. The van der Waals surface area contributed by atoms with Crippen molar-refractivity contribution >= 4 is 11.6 Å². The Balaban J connectivity index is 2.45. The fraction of sp³-hybridized carbons (Fsp3) is 0.231. The summed E-state index contributed by atoms with van der Waals surface area (Å²) in [5.74, 6) is 2.64. The second-order valence-corrected chi connectivity index (χ2v) is 3.24. The van der Waals surface area contributed by atoms with Crippen LogP contribution in [0.25, 0.3) is 0 Å². The lowest BCUT2D eigenvalue weighted by molar-refractivity contribution is 0.114. The quantitative estimate of drug-likeness (QED) is 0.548. The Hall–Kier alpha value is -1.23. The summed E-state index contributed by atoms with van der Waals surface area (Å²) in [7, 11) is 0. The van der Waals surface area contributed by atoms with Crippen LogP contribution in [0.15, 0.2) is 43.0 Å². The maximum absolute atomic E-state index is 5.46. The predicted molar refractivity (Wildman–Crippen MR) is 63.7 cm³/mol. The Morgan fingerprint density at radius 1 is 1.40 bits per heavy atom. The summed E-state index contributed by atoms with van der Waals surface area (Å²) >= 11 is 5.22. The minimum Gasteiger partial charge on any atom is -0.361 e. The summed E-state index contributed by atoms with van der Waals surface area (Å²) in [6.07, 6.45) is 2.59. The second kappa shape index (κ2) is 7.11. The molecule has 78 valence electrons. The maximum Gasteiger partial charge on any atom is 0.109 e. The van der Waals surface area contributed by atoms with Gasteiger partial charge in [-0.15, -0.1) is 6.58 Å². The Labute approximate surface area is 95.7 Å². The molecule has 1 aromatic carbocycles. The summed E-state index contributed by atoms with van der Waals surface area (Å²) in [6.45, 7) is 4.07. The highest BCUT2D eigenvalue weighted by atomic mass is 35.5. The predicted octanol–water partition coefficient (Wildman–Crippen LogP) is 3.00. The van der Waals surface area contributed by atoms with Crippen LogP contribution >= 0.6 is 11.6 Å². The highest BCUT2D eigenvalue weighted by Gasteiger charge is 2.04. The van der Waals surface area contributed by atoms with Gasteiger partial charge >= 0.3 is 0 Å². The highest BCUT2D eigenvalue weighted by molar-refractivity contribution is 6.30. The van der Waals surface area contributed by atoms with E-state index in [2.05, 4.69) is 30.0 Å². The molecule has 0 saturated carbocycles. The molecule has 1 atom stereocenters. The first-order valence-corrected chi connectivity index (χ1v) is 5.11. The van der Waals surface area contributed by atoms with Crippen molar-refractivity contribution in [2.24, 2.45) is 0 Å². The van der Waals surface area contributed by atoms with Crippen LogP contribution in [0.3, 0.4) is 0 Å². The fourth-order valence-corrected chi connectivity index (χ4v) is 1.29. The molecule has 0 bridgehead atoms. The van der Waals surface area contributed by atoms with E-state index in [4.69, 9.17) is 16.3 Å². The zero-order valence-electron chi connectivity index (χ0n) is 8.45. The first kappa shape index (κ1) is 11.8. The number of halogens is 1. The Kier molecular flexibility index (Phi) is 5.62. The van der Waals surface area contributed by atoms with E-state index in [-0.39, 0.29) is 6.10 Å². The Morgan fingerprint density at radius 2 is 2.13 bits per heavy atom. The van der Waals surface area contributed by atoms with Crippen molar-refractivity contribution in [3.8, 4) is 11.3 Å². The summed E-state index contributed by atoms with van der Waals surface area (Å²) in [4.78, 5) is 0. The smallest absolute Gasteiger partial charge is 0.109 e. The molecule has 0 aliphatic rings. The molecule has 2 heteroatoms. The third-order valence-electron chi connectivity index (χ3n) is 1.98. The van der Waals surface area contributed by atoms with E-state index < -0.39 is 0 Å². The molecule has 1 aromatic rings. The van der Waals surface area contributed by atoms with Crippen LogP contribution in [0.2, 0.25) is 0 Å². The number of ether oxygens (including phenoxy) is 1. The van der Waals surface area contributed by atoms with E-state index in [0.29, 0.717) is 6.61 Å². The zero-order valence-corrected chi connectivity index (χ0v) is 9.20. The fourth-order valence-electron chi connectivity index (χ4n) is 1.23. The zero-order chi connectivity index (χ0) is 10.9.